The van der Waals surface area contributed by atoms with Crippen molar-refractivity contribution in [3.05, 3.63) is 53.6 Å². The van der Waals surface area contributed by atoms with Crippen LogP contribution in [0.1, 0.15) is 48.5 Å². The van der Waals surface area contributed by atoms with Crippen molar-refractivity contribution in [3.8, 4) is 0 Å². The zero-order chi connectivity index (χ0) is 22.2. The van der Waals surface area contributed by atoms with Crippen molar-refractivity contribution in [2.75, 3.05) is 35.6 Å². The molecule has 0 radical (unpaired) electrons. The van der Waals surface area contributed by atoms with Gasteiger partial charge in [-0.1, -0.05) is 19.1 Å². The number of anilines is 3. The van der Waals surface area contributed by atoms with E-state index in [1.165, 1.54) is 6.42 Å². The molecule has 1 fully saturated rings. The van der Waals surface area contributed by atoms with Gasteiger partial charge in [0, 0.05) is 42.1 Å². The fourth-order valence-electron chi connectivity index (χ4n) is 3.56. The van der Waals surface area contributed by atoms with E-state index in [0.29, 0.717) is 23.4 Å². The standard InChI is InChI=1S/C24H30N4O3/c1-3-22(29)26-20-11-8-12-21(17(20)2)27-23(30)16-25-19-10-7-9-18(15-19)24(31)28-13-5-4-6-14-28/h7-12,15,25H,3-6,13-14,16H2,1-2H3,(H,26,29)(H,27,30). The molecule has 0 bridgehead atoms. The van der Waals surface area contributed by atoms with Crippen molar-refractivity contribution in [1.82, 2.24) is 4.90 Å². The molecule has 7 nitrogen and oxygen atoms in total. The number of amides is 3. The van der Waals surface area contributed by atoms with E-state index < -0.39 is 0 Å². The highest BCUT2D eigenvalue weighted by Gasteiger charge is 2.18. The minimum absolute atomic E-state index is 0.0365. The van der Waals surface area contributed by atoms with Gasteiger partial charge in [-0.05, 0) is 62.1 Å². The largest absolute Gasteiger partial charge is 0.376 e. The Bertz CT molecular complexity index is 952. The van der Waals surface area contributed by atoms with E-state index in [9.17, 15) is 14.4 Å². The first-order chi connectivity index (χ1) is 15.0. The van der Waals surface area contributed by atoms with Gasteiger partial charge in [0.1, 0.15) is 0 Å². The van der Waals surface area contributed by atoms with Gasteiger partial charge in [-0.15, -0.1) is 0 Å². The summed E-state index contributed by atoms with van der Waals surface area (Å²) in [7, 11) is 0. The molecule has 2 aromatic rings. The first kappa shape index (κ1) is 22.3. The number of hydrogen-bond acceptors (Lipinski definition) is 4. The lowest BCUT2D eigenvalue weighted by molar-refractivity contribution is -0.116. The fourth-order valence-corrected chi connectivity index (χ4v) is 3.56. The van der Waals surface area contributed by atoms with Crippen LogP contribution in [0.3, 0.4) is 0 Å². The zero-order valence-corrected chi connectivity index (χ0v) is 18.2. The Kier molecular flexibility index (Phi) is 7.65. The molecule has 31 heavy (non-hydrogen) atoms. The number of piperidine rings is 1. The summed E-state index contributed by atoms with van der Waals surface area (Å²) in [6.07, 6.45) is 3.66. The van der Waals surface area contributed by atoms with E-state index in [1.807, 2.05) is 36.1 Å². The molecule has 3 rings (SSSR count). The first-order valence-electron chi connectivity index (χ1n) is 10.8. The zero-order valence-electron chi connectivity index (χ0n) is 18.2. The average molecular weight is 423 g/mol. The van der Waals surface area contributed by atoms with Crippen LogP contribution in [0.5, 0.6) is 0 Å². The van der Waals surface area contributed by atoms with Gasteiger partial charge in [0.05, 0.1) is 6.54 Å². The third-order valence-electron chi connectivity index (χ3n) is 5.41. The molecule has 2 aromatic carbocycles. The van der Waals surface area contributed by atoms with E-state index in [1.54, 1.807) is 25.1 Å². The summed E-state index contributed by atoms with van der Waals surface area (Å²) in [5.41, 5.74) is 3.48. The molecule has 0 aromatic heterocycles. The van der Waals surface area contributed by atoms with Crippen LogP contribution in [0, 0.1) is 6.92 Å². The Morgan fingerprint density at radius 3 is 2.23 bits per heavy atom. The third kappa shape index (κ3) is 6.07. The lowest BCUT2D eigenvalue weighted by Gasteiger charge is -2.26. The third-order valence-corrected chi connectivity index (χ3v) is 5.41. The molecule has 1 saturated heterocycles. The van der Waals surface area contributed by atoms with E-state index >= 15 is 0 Å². The molecular formula is C24H30N4O3. The molecule has 3 amide bonds. The highest BCUT2D eigenvalue weighted by molar-refractivity contribution is 5.98. The highest BCUT2D eigenvalue weighted by atomic mass is 16.2. The summed E-state index contributed by atoms with van der Waals surface area (Å²) in [4.78, 5) is 38.7. The molecule has 0 spiro atoms. The van der Waals surface area contributed by atoms with E-state index in [4.69, 9.17) is 0 Å². The predicted octanol–water partition coefficient (Wildman–Crippen LogP) is 4.02. The van der Waals surface area contributed by atoms with Gasteiger partial charge in [-0.3, -0.25) is 14.4 Å². The van der Waals surface area contributed by atoms with Crippen LogP contribution < -0.4 is 16.0 Å². The monoisotopic (exact) mass is 422 g/mol. The van der Waals surface area contributed by atoms with Gasteiger partial charge in [-0.2, -0.15) is 0 Å². The van der Waals surface area contributed by atoms with Crippen LogP contribution >= 0.6 is 0 Å². The molecule has 0 unspecified atom stereocenters. The Morgan fingerprint density at radius 1 is 0.903 bits per heavy atom. The maximum absolute atomic E-state index is 12.7. The van der Waals surface area contributed by atoms with Crippen LogP contribution in [0.4, 0.5) is 17.1 Å². The molecule has 3 N–H and O–H groups in total. The number of hydrogen-bond donors (Lipinski definition) is 3. The topological polar surface area (TPSA) is 90.5 Å². The lowest BCUT2D eigenvalue weighted by Crippen LogP contribution is -2.35. The van der Waals surface area contributed by atoms with Gasteiger partial charge in [0.15, 0.2) is 0 Å². The number of likely N-dealkylation sites (tertiary alicyclic amines) is 1. The number of nitrogens with zero attached hydrogens (tertiary/aromatic N) is 1. The molecule has 7 heteroatoms. The summed E-state index contributed by atoms with van der Waals surface area (Å²) in [6, 6.07) is 12.7. The van der Waals surface area contributed by atoms with Crippen molar-refractivity contribution >= 4 is 34.8 Å². The van der Waals surface area contributed by atoms with Crippen molar-refractivity contribution in [1.29, 1.82) is 0 Å². The molecular weight excluding hydrogens is 392 g/mol. The number of carbonyl (C=O) groups excluding carboxylic acids is 3. The minimum atomic E-state index is -0.213. The molecule has 1 heterocycles. The van der Waals surface area contributed by atoms with Crippen molar-refractivity contribution < 1.29 is 14.4 Å². The summed E-state index contributed by atoms with van der Waals surface area (Å²) in [5, 5.41) is 8.79. The van der Waals surface area contributed by atoms with Gasteiger partial charge < -0.3 is 20.9 Å². The quantitative estimate of drug-likeness (QED) is 0.629. The van der Waals surface area contributed by atoms with E-state index in [2.05, 4.69) is 16.0 Å². The van der Waals surface area contributed by atoms with Crippen LogP contribution in [0.2, 0.25) is 0 Å². The van der Waals surface area contributed by atoms with Crippen molar-refractivity contribution in [2.24, 2.45) is 0 Å². The first-order valence-corrected chi connectivity index (χ1v) is 10.8. The second-order valence-corrected chi connectivity index (χ2v) is 7.72. The molecule has 0 atom stereocenters. The van der Waals surface area contributed by atoms with Crippen LogP contribution in [-0.4, -0.2) is 42.3 Å². The lowest BCUT2D eigenvalue weighted by atomic mass is 10.1. The molecule has 1 aliphatic rings. The predicted molar refractivity (Wildman–Crippen MR) is 123 cm³/mol. The molecule has 1 aliphatic heterocycles. The summed E-state index contributed by atoms with van der Waals surface area (Å²) < 4.78 is 0. The van der Waals surface area contributed by atoms with Crippen LogP contribution in [0.25, 0.3) is 0 Å². The second kappa shape index (κ2) is 10.6. The second-order valence-electron chi connectivity index (χ2n) is 7.72. The maximum Gasteiger partial charge on any atom is 0.253 e. The maximum atomic E-state index is 12.7. The Balaban J connectivity index is 1.58. The average Bonchev–Trinajstić information content (AvgIpc) is 2.80. The van der Waals surface area contributed by atoms with Gasteiger partial charge in [-0.25, -0.2) is 0 Å². The highest BCUT2D eigenvalue weighted by Crippen LogP contribution is 2.23. The number of carbonyl (C=O) groups is 3. The molecule has 0 saturated carbocycles. The Morgan fingerprint density at radius 2 is 1.55 bits per heavy atom. The number of benzene rings is 2. The van der Waals surface area contributed by atoms with Crippen LogP contribution in [0.15, 0.2) is 42.5 Å². The van der Waals surface area contributed by atoms with Gasteiger partial charge in [0.2, 0.25) is 11.8 Å². The summed E-state index contributed by atoms with van der Waals surface area (Å²) in [6.45, 7) is 5.31. The normalized spacial score (nSPS) is 13.4. The Labute approximate surface area is 183 Å². The van der Waals surface area contributed by atoms with E-state index in [-0.39, 0.29) is 24.3 Å². The molecule has 0 aliphatic carbocycles. The van der Waals surface area contributed by atoms with Crippen molar-refractivity contribution in [2.45, 2.75) is 39.5 Å². The van der Waals surface area contributed by atoms with Gasteiger partial charge >= 0.3 is 0 Å². The number of nitrogens with one attached hydrogen (secondary N) is 3. The van der Waals surface area contributed by atoms with Crippen molar-refractivity contribution in [3.63, 3.8) is 0 Å². The Hall–Kier alpha value is -3.35. The minimum Gasteiger partial charge on any atom is -0.376 e. The van der Waals surface area contributed by atoms with E-state index in [0.717, 1.165) is 37.2 Å². The number of rotatable bonds is 7. The SMILES string of the molecule is CCC(=O)Nc1cccc(NC(=O)CNc2cccc(C(=O)N3CCCCC3)c2)c1C. The summed E-state index contributed by atoms with van der Waals surface area (Å²) >= 11 is 0. The van der Waals surface area contributed by atoms with Crippen LogP contribution in [-0.2, 0) is 9.59 Å². The summed E-state index contributed by atoms with van der Waals surface area (Å²) in [5.74, 6) is -0.253. The van der Waals surface area contributed by atoms with Gasteiger partial charge in [0.25, 0.3) is 5.91 Å². The smallest absolute Gasteiger partial charge is 0.253 e. The molecule has 164 valence electrons. The fraction of sp³-hybridized carbons (Fsp3) is 0.375.